The summed E-state index contributed by atoms with van der Waals surface area (Å²) in [7, 11) is 0. The highest BCUT2D eigenvalue weighted by Gasteiger charge is 2.13. The van der Waals surface area contributed by atoms with Crippen LogP contribution in [-0.2, 0) is 6.42 Å². The first-order valence-corrected chi connectivity index (χ1v) is 6.70. The van der Waals surface area contributed by atoms with Gasteiger partial charge in [-0.3, -0.25) is 9.89 Å². The standard InChI is InChI=1S/C16H14FN3O/c17-13-7-3-1-5-11(13)9-10-18-16(21)15-12-6-2-4-8-14(12)19-20-15/h1-8H,9-10H2,(H,18,21)(H,19,20). The lowest BCUT2D eigenvalue weighted by Gasteiger charge is -2.04. The number of rotatable bonds is 4. The smallest absolute Gasteiger partial charge is 0.272 e. The maximum Gasteiger partial charge on any atom is 0.272 e. The average Bonchev–Trinajstić information content (AvgIpc) is 2.93. The van der Waals surface area contributed by atoms with E-state index in [1.807, 2.05) is 24.3 Å². The summed E-state index contributed by atoms with van der Waals surface area (Å²) in [5.41, 5.74) is 1.76. The second-order valence-electron chi connectivity index (χ2n) is 4.72. The molecule has 21 heavy (non-hydrogen) atoms. The molecule has 0 bridgehead atoms. The third-order valence-corrected chi connectivity index (χ3v) is 3.32. The SMILES string of the molecule is O=C(NCCc1ccccc1F)c1n[nH]c2ccccc12. The van der Waals surface area contributed by atoms with Crippen molar-refractivity contribution in [3.63, 3.8) is 0 Å². The van der Waals surface area contributed by atoms with Crippen LogP contribution >= 0.6 is 0 Å². The van der Waals surface area contributed by atoms with Gasteiger partial charge in [0, 0.05) is 11.9 Å². The molecule has 0 unspecified atom stereocenters. The minimum absolute atomic E-state index is 0.253. The maximum atomic E-state index is 13.5. The minimum Gasteiger partial charge on any atom is -0.350 e. The van der Waals surface area contributed by atoms with Crippen molar-refractivity contribution < 1.29 is 9.18 Å². The highest BCUT2D eigenvalue weighted by molar-refractivity contribution is 6.04. The Kier molecular flexibility index (Phi) is 3.64. The molecule has 0 saturated carbocycles. The van der Waals surface area contributed by atoms with E-state index >= 15 is 0 Å². The second-order valence-corrected chi connectivity index (χ2v) is 4.72. The number of carbonyl (C=O) groups is 1. The normalized spacial score (nSPS) is 10.7. The summed E-state index contributed by atoms with van der Waals surface area (Å²) < 4.78 is 13.5. The van der Waals surface area contributed by atoms with Crippen LogP contribution < -0.4 is 5.32 Å². The van der Waals surface area contributed by atoms with E-state index in [0.717, 1.165) is 10.9 Å². The first-order chi connectivity index (χ1) is 10.3. The minimum atomic E-state index is -0.260. The number of carbonyl (C=O) groups excluding carboxylic acids is 1. The molecule has 5 heteroatoms. The van der Waals surface area contributed by atoms with Crippen LogP contribution in [0.3, 0.4) is 0 Å². The maximum absolute atomic E-state index is 13.5. The molecule has 4 nitrogen and oxygen atoms in total. The van der Waals surface area contributed by atoms with Crippen LogP contribution in [0.25, 0.3) is 10.9 Å². The van der Waals surface area contributed by atoms with Gasteiger partial charge in [0.15, 0.2) is 5.69 Å². The summed E-state index contributed by atoms with van der Waals surface area (Å²) in [6, 6.07) is 14.0. The number of para-hydroxylation sites is 1. The van der Waals surface area contributed by atoms with Crippen LogP contribution in [0.2, 0.25) is 0 Å². The molecular weight excluding hydrogens is 269 g/mol. The molecular formula is C16H14FN3O. The molecule has 0 aliphatic carbocycles. The zero-order valence-corrected chi connectivity index (χ0v) is 11.3. The Balaban J connectivity index is 1.66. The van der Waals surface area contributed by atoms with Gasteiger partial charge in [0.1, 0.15) is 5.82 Å². The fourth-order valence-electron chi connectivity index (χ4n) is 2.23. The van der Waals surface area contributed by atoms with Crippen molar-refractivity contribution in [2.45, 2.75) is 6.42 Å². The van der Waals surface area contributed by atoms with Crippen LogP contribution in [0.4, 0.5) is 4.39 Å². The Morgan fingerprint density at radius 2 is 1.90 bits per heavy atom. The fraction of sp³-hybridized carbons (Fsp3) is 0.125. The lowest BCUT2D eigenvalue weighted by atomic mass is 10.1. The molecule has 2 N–H and O–H groups in total. The predicted molar refractivity (Wildman–Crippen MR) is 78.5 cm³/mol. The van der Waals surface area contributed by atoms with Crippen molar-refractivity contribution in [3.8, 4) is 0 Å². The number of benzene rings is 2. The number of amides is 1. The summed E-state index contributed by atoms with van der Waals surface area (Å²) >= 11 is 0. The number of fused-ring (bicyclic) bond motifs is 1. The third-order valence-electron chi connectivity index (χ3n) is 3.32. The van der Waals surface area contributed by atoms with E-state index in [4.69, 9.17) is 0 Å². The molecule has 0 atom stereocenters. The number of aromatic nitrogens is 2. The zero-order valence-electron chi connectivity index (χ0n) is 11.3. The van der Waals surface area contributed by atoms with Gasteiger partial charge in [-0.25, -0.2) is 4.39 Å². The van der Waals surface area contributed by atoms with Gasteiger partial charge in [0.2, 0.25) is 0 Å². The number of hydrogen-bond acceptors (Lipinski definition) is 2. The molecule has 1 amide bonds. The number of H-pyrrole nitrogens is 1. The molecule has 0 spiro atoms. The molecule has 3 aromatic rings. The summed E-state index contributed by atoms with van der Waals surface area (Å²) in [5, 5.41) is 10.4. The fourth-order valence-corrected chi connectivity index (χ4v) is 2.23. The van der Waals surface area contributed by atoms with Gasteiger partial charge in [-0.1, -0.05) is 36.4 Å². The van der Waals surface area contributed by atoms with Gasteiger partial charge >= 0.3 is 0 Å². The number of nitrogens with one attached hydrogen (secondary N) is 2. The molecule has 2 aromatic carbocycles. The van der Waals surface area contributed by atoms with E-state index in [-0.39, 0.29) is 11.7 Å². The van der Waals surface area contributed by atoms with Crippen LogP contribution in [0.1, 0.15) is 16.1 Å². The van der Waals surface area contributed by atoms with Crippen molar-refractivity contribution in [1.29, 1.82) is 0 Å². The first-order valence-electron chi connectivity index (χ1n) is 6.70. The third kappa shape index (κ3) is 2.76. The van der Waals surface area contributed by atoms with Gasteiger partial charge in [-0.15, -0.1) is 0 Å². The van der Waals surface area contributed by atoms with Crippen LogP contribution in [0.15, 0.2) is 48.5 Å². The second kappa shape index (κ2) is 5.75. The molecule has 106 valence electrons. The number of hydrogen-bond donors (Lipinski definition) is 2. The van der Waals surface area contributed by atoms with Gasteiger partial charge in [0.25, 0.3) is 5.91 Å². The molecule has 3 rings (SSSR count). The molecule has 0 aliphatic heterocycles. The van der Waals surface area contributed by atoms with Crippen molar-refractivity contribution in [2.75, 3.05) is 6.54 Å². The topological polar surface area (TPSA) is 57.8 Å². The van der Waals surface area contributed by atoms with Crippen LogP contribution in [-0.4, -0.2) is 22.6 Å². The van der Waals surface area contributed by atoms with Gasteiger partial charge in [0.05, 0.1) is 5.52 Å². The van der Waals surface area contributed by atoms with E-state index in [0.29, 0.717) is 24.2 Å². The lowest BCUT2D eigenvalue weighted by Crippen LogP contribution is -2.26. The average molecular weight is 283 g/mol. The zero-order chi connectivity index (χ0) is 14.7. The molecule has 0 saturated heterocycles. The Bertz CT molecular complexity index is 782. The van der Waals surface area contributed by atoms with Gasteiger partial charge in [-0.05, 0) is 24.1 Å². The summed E-state index contributed by atoms with van der Waals surface area (Å²) in [4.78, 5) is 12.1. The largest absolute Gasteiger partial charge is 0.350 e. The summed E-state index contributed by atoms with van der Waals surface area (Å²) in [6.45, 7) is 0.362. The van der Waals surface area contributed by atoms with E-state index in [9.17, 15) is 9.18 Å². The summed E-state index contributed by atoms with van der Waals surface area (Å²) in [5.74, 6) is -0.513. The molecule has 1 aromatic heterocycles. The van der Waals surface area contributed by atoms with E-state index < -0.39 is 0 Å². The highest BCUT2D eigenvalue weighted by Crippen LogP contribution is 2.14. The molecule has 1 heterocycles. The Morgan fingerprint density at radius 3 is 2.76 bits per heavy atom. The van der Waals surface area contributed by atoms with E-state index in [1.54, 1.807) is 18.2 Å². The number of nitrogens with zero attached hydrogens (tertiary/aromatic N) is 1. The number of aromatic amines is 1. The highest BCUT2D eigenvalue weighted by atomic mass is 19.1. The van der Waals surface area contributed by atoms with Crippen molar-refractivity contribution in [3.05, 3.63) is 65.6 Å². The predicted octanol–water partition coefficient (Wildman–Crippen LogP) is 2.67. The molecule has 0 radical (unpaired) electrons. The lowest BCUT2D eigenvalue weighted by molar-refractivity contribution is 0.0950. The van der Waals surface area contributed by atoms with Crippen molar-refractivity contribution in [2.24, 2.45) is 0 Å². The summed E-state index contributed by atoms with van der Waals surface area (Å²) in [6.07, 6.45) is 0.445. The van der Waals surface area contributed by atoms with Crippen LogP contribution in [0.5, 0.6) is 0 Å². The van der Waals surface area contributed by atoms with Gasteiger partial charge in [-0.2, -0.15) is 5.10 Å². The first kappa shape index (κ1) is 13.3. The number of halogens is 1. The quantitative estimate of drug-likeness (QED) is 0.773. The Labute approximate surface area is 121 Å². The monoisotopic (exact) mass is 283 g/mol. The molecule has 0 fully saturated rings. The Morgan fingerprint density at radius 1 is 1.14 bits per heavy atom. The van der Waals surface area contributed by atoms with E-state index in [2.05, 4.69) is 15.5 Å². The van der Waals surface area contributed by atoms with E-state index in [1.165, 1.54) is 6.07 Å². The Hall–Kier alpha value is -2.69. The van der Waals surface area contributed by atoms with Crippen molar-refractivity contribution >= 4 is 16.8 Å². The van der Waals surface area contributed by atoms with Crippen molar-refractivity contribution in [1.82, 2.24) is 15.5 Å². The molecule has 0 aliphatic rings. The van der Waals surface area contributed by atoms with Gasteiger partial charge < -0.3 is 5.32 Å². The van der Waals surface area contributed by atoms with Crippen LogP contribution in [0, 0.1) is 5.82 Å².